The Hall–Kier alpha value is -3.15. The maximum absolute atomic E-state index is 12.4. The van der Waals surface area contributed by atoms with E-state index in [1.165, 1.54) is 19.1 Å². The molecule has 1 amide bonds. The zero-order valence-corrected chi connectivity index (χ0v) is 14.0. The molecule has 0 radical (unpaired) electrons. The smallest absolute Gasteiger partial charge is 0.326 e. The summed E-state index contributed by atoms with van der Waals surface area (Å²) in [6, 6.07) is 12.4. The number of hydrogen-bond acceptors (Lipinski definition) is 4. The van der Waals surface area contributed by atoms with E-state index in [1.807, 2.05) is 31.2 Å². The van der Waals surface area contributed by atoms with Gasteiger partial charge in [0.2, 0.25) is 0 Å². The molecular formula is C19H19NO5. The van der Waals surface area contributed by atoms with Gasteiger partial charge in [-0.2, -0.15) is 0 Å². The molecule has 130 valence electrons. The van der Waals surface area contributed by atoms with Gasteiger partial charge in [-0.05, 0) is 36.2 Å². The van der Waals surface area contributed by atoms with Crippen LogP contribution in [-0.4, -0.2) is 29.0 Å². The van der Waals surface area contributed by atoms with Crippen LogP contribution in [0.25, 0.3) is 0 Å². The summed E-state index contributed by atoms with van der Waals surface area (Å²) in [6.45, 7) is 3.15. The fraction of sp³-hybridized carbons (Fsp3) is 0.211. The van der Waals surface area contributed by atoms with Crippen molar-refractivity contribution in [2.75, 3.05) is 0 Å². The lowest BCUT2D eigenvalue weighted by atomic mass is 10.0. The number of nitrogens with one attached hydrogen (secondary N) is 1. The van der Waals surface area contributed by atoms with Gasteiger partial charge in [-0.3, -0.25) is 9.59 Å². The molecule has 0 fully saturated rings. The SMILES string of the molecule is CC(=O)Oc1cccc(C(=O)N[C@H](Cc2ccccc2C)C(=O)O)c1. The molecular weight excluding hydrogens is 322 g/mol. The van der Waals surface area contributed by atoms with E-state index in [-0.39, 0.29) is 17.7 Å². The first-order chi connectivity index (χ1) is 11.9. The molecule has 2 aromatic carbocycles. The van der Waals surface area contributed by atoms with E-state index in [0.717, 1.165) is 11.1 Å². The second-order valence-electron chi connectivity index (χ2n) is 5.62. The van der Waals surface area contributed by atoms with Gasteiger partial charge in [0.05, 0.1) is 0 Å². The molecule has 0 saturated carbocycles. The molecule has 6 nitrogen and oxygen atoms in total. The predicted octanol–water partition coefficient (Wildman–Crippen LogP) is 2.35. The third kappa shape index (κ3) is 5.17. The van der Waals surface area contributed by atoms with Crippen molar-refractivity contribution < 1.29 is 24.2 Å². The topological polar surface area (TPSA) is 92.7 Å². The first kappa shape index (κ1) is 18.2. The number of hydrogen-bond donors (Lipinski definition) is 2. The van der Waals surface area contributed by atoms with Gasteiger partial charge in [0.1, 0.15) is 11.8 Å². The third-order valence-electron chi connectivity index (χ3n) is 3.65. The molecule has 0 aliphatic carbocycles. The quantitative estimate of drug-likeness (QED) is 0.621. The van der Waals surface area contributed by atoms with E-state index < -0.39 is 23.9 Å². The van der Waals surface area contributed by atoms with Crippen LogP contribution in [0.15, 0.2) is 48.5 Å². The fourth-order valence-electron chi connectivity index (χ4n) is 2.37. The first-order valence-corrected chi connectivity index (χ1v) is 7.73. The summed E-state index contributed by atoms with van der Waals surface area (Å²) in [5.74, 6) is -1.94. The van der Waals surface area contributed by atoms with Crippen molar-refractivity contribution in [2.24, 2.45) is 0 Å². The Balaban J connectivity index is 2.14. The minimum absolute atomic E-state index is 0.178. The molecule has 0 saturated heterocycles. The normalized spacial score (nSPS) is 11.4. The molecule has 2 N–H and O–H groups in total. The fourth-order valence-corrected chi connectivity index (χ4v) is 2.37. The van der Waals surface area contributed by atoms with Crippen molar-refractivity contribution in [1.29, 1.82) is 0 Å². The number of ether oxygens (including phenoxy) is 1. The third-order valence-corrected chi connectivity index (χ3v) is 3.65. The number of carboxylic acid groups (broad SMARTS) is 1. The zero-order valence-electron chi connectivity index (χ0n) is 14.0. The number of aliphatic carboxylic acids is 1. The summed E-state index contributed by atoms with van der Waals surface area (Å²) in [6.07, 6.45) is 0.178. The van der Waals surface area contributed by atoms with Gasteiger partial charge in [-0.1, -0.05) is 30.3 Å². The van der Waals surface area contributed by atoms with E-state index in [0.29, 0.717) is 0 Å². The number of aryl methyl sites for hydroxylation is 1. The molecule has 0 aliphatic heterocycles. The van der Waals surface area contributed by atoms with Crippen LogP contribution in [0.3, 0.4) is 0 Å². The summed E-state index contributed by atoms with van der Waals surface area (Å²) in [5.41, 5.74) is 2.03. The molecule has 6 heteroatoms. The highest BCUT2D eigenvalue weighted by Gasteiger charge is 2.22. The lowest BCUT2D eigenvalue weighted by molar-refractivity contribution is -0.139. The Kier molecular flexibility index (Phi) is 5.89. The van der Waals surface area contributed by atoms with Crippen molar-refractivity contribution in [3.8, 4) is 5.75 Å². The minimum Gasteiger partial charge on any atom is -0.480 e. The Morgan fingerprint density at radius 2 is 1.84 bits per heavy atom. The van der Waals surface area contributed by atoms with Crippen molar-refractivity contribution >= 4 is 17.8 Å². The average molecular weight is 341 g/mol. The molecule has 0 bridgehead atoms. The summed E-state index contributed by atoms with van der Waals surface area (Å²) in [5, 5.41) is 11.9. The lowest BCUT2D eigenvalue weighted by Gasteiger charge is -2.16. The zero-order chi connectivity index (χ0) is 18.4. The molecule has 0 spiro atoms. The Labute approximate surface area is 145 Å². The van der Waals surface area contributed by atoms with E-state index in [1.54, 1.807) is 12.1 Å². The van der Waals surface area contributed by atoms with Gasteiger partial charge in [0.25, 0.3) is 5.91 Å². The van der Waals surface area contributed by atoms with Crippen molar-refractivity contribution in [1.82, 2.24) is 5.32 Å². The molecule has 1 atom stereocenters. The summed E-state index contributed by atoms with van der Waals surface area (Å²) >= 11 is 0. The number of amides is 1. The van der Waals surface area contributed by atoms with E-state index in [4.69, 9.17) is 4.74 Å². The van der Waals surface area contributed by atoms with Gasteiger partial charge >= 0.3 is 11.9 Å². The molecule has 25 heavy (non-hydrogen) atoms. The van der Waals surface area contributed by atoms with Crippen LogP contribution >= 0.6 is 0 Å². The van der Waals surface area contributed by atoms with E-state index >= 15 is 0 Å². The average Bonchev–Trinajstić information content (AvgIpc) is 2.55. The van der Waals surface area contributed by atoms with Gasteiger partial charge < -0.3 is 15.2 Å². The number of rotatable bonds is 6. The highest BCUT2D eigenvalue weighted by molar-refractivity contribution is 5.97. The summed E-state index contributed by atoms with van der Waals surface area (Å²) in [7, 11) is 0. The maximum Gasteiger partial charge on any atom is 0.326 e. The largest absolute Gasteiger partial charge is 0.480 e. The molecule has 0 aliphatic rings. The summed E-state index contributed by atoms with van der Waals surface area (Å²) < 4.78 is 4.93. The monoisotopic (exact) mass is 341 g/mol. The standard InChI is InChI=1S/C19H19NO5/c1-12-6-3-4-7-14(12)11-17(19(23)24)20-18(22)15-8-5-9-16(10-15)25-13(2)21/h3-10,17H,11H2,1-2H3,(H,20,22)(H,23,24)/t17-/m1/s1. The molecule has 2 aromatic rings. The molecule has 0 heterocycles. The van der Waals surface area contributed by atoms with Gasteiger partial charge in [0.15, 0.2) is 0 Å². The van der Waals surface area contributed by atoms with Crippen LogP contribution in [0.4, 0.5) is 0 Å². The van der Waals surface area contributed by atoms with Crippen LogP contribution in [0.5, 0.6) is 5.75 Å². The van der Waals surface area contributed by atoms with Crippen LogP contribution in [0, 0.1) is 6.92 Å². The number of carbonyl (C=O) groups excluding carboxylic acids is 2. The van der Waals surface area contributed by atoms with Gasteiger partial charge in [-0.15, -0.1) is 0 Å². The van der Waals surface area contributed by atoms with Gasteiger partial charge in [-0.25, -0.2) is 4.79 Å². The van der Waals surface area contributed by atoms with Crippen molar-refractivity contribution in [3.63, 3.8) is 0 Å². The van der Waals surface area contributed by atoms with E-state index in [2.05, 4.69) is 5.32 Å². The number of esters is 1. The Morgan fingerprint density at radius 1 is 1.12 bits per heavy atom. The highest BCUT2D eigenvalue weighted by Crippen LogP contribution is 2.15. The molecule has 2 rings (SSSR count). The molecule has 0 unspecified atom stereocenters. The first-order valence-electron chi connectivity index (χ1n) is 7.73. The van der Waals surface area contributed by atoms with Crippen LogP contribution in [0.2, 0.25) is 0 Å². The second kappa shape index (κ2) is 8.10. The highest BCUT2D eigenvalue weighted by atomic mass is 16.5. The lowest BCUT2D eigenvalue weighted by Crippen LogP contribution is -2.42. The van der Waals surface area contributed by atoms with Crippen LogP contribution in [-0.2, 0) is 16.0 Å². The van der Waals surface area contributed by atoms with Crippen molar-refractivity contribution in [2.45, 2.75) is 26.3 Å². The van der Waals surface area contributed by atoms with E-state index in [9.17, 15) is 19.5 Å². The Bertz CT molecular complexity index is 800. The number of benzene rings is 2. The molecule has 0 aromatic heterocycles. The summed E-state index contributed by atoms with van der Waals surface area (Å²) in [4.78, 5) is 34.9. The predicted molar refractivity (Wildman–Crippen MR) is 91.5 cm³/mol. The van der Waals surface area contributed by atoms with Gasteiger partial charge in [0, 0.05) is 18.9 Å². The van der Waals surface area contributed by atoms with Crippen LogP contribution in [0.1, 0.15) is 28.4 Å². The maximum atomic E-state index is 12.4. The number of carboxylic acids is 1. The second-order valence-corrected chi connectivity index (χ2v) is 5.62. The van der Waals surface area contributed by atoms with Crippen LogP contribution < -0.4 is 10.1 Å². The minimum atomic E-state index is -1.12. The number of carbonyl (C=O) groups is 3. The van der Waals surface area contributed by atoms with Crippen molar-refractivity contribution in [3.05, 3.63) is 65.2 Å². The Morgan fingerprint density at radius 3 is 2.48 bits per heavy atom.